The fourth-order valence-corrected chi connectivity index (χ4v) is 1.02. The monoisotopic (exact) mass is 146 g/mol. The Morgan fingerprint density at radius 2 is 2.33 bits per heavy atom. The number of carbonyl (C=O) groups is 1. The van der Waals surface area contributed by atoms with Crippen molar-refractivity contribution in [2.45, 2.75) is 6.04 Å². The van der Waals surface area contributed by atoms with Crippen LogP contribution in [0.1, 0.15) is 0 Å². The molecule has 52 valence electrons. The molecule has 1 aliphatic rings. The minimum absolute atomic E-state index is 0.0834. The molecule has 0 aromatic carbocycles. The predicted octanol–water partition coefficient (Wildman–Crippen LogP) is -0.914. The van der Waals surface area contributed by atoms with Gasteiger partial charge in [0.1, 0.15) is 0 Å². The second kappa shape index (κ2) is 2.58. The van der Waals surface area contributed by atoms with E-state index >= 15 is 0 Å². The maximum Gasteiger partial charge on any atom is 0.232 e. The highest BCUT2D eigenvalue weighted by Gasteiger charge is 2.25. The molecule has 4 heteroatoms. The van der Waals surface area contributed by atoms with Crippen LogP contribution < -0.4 is 5.73 Å². The first-order valence-corrected chi connectivity index (χ1v) is 3.51. The molecule has 3 nitrogen and oxygen atoms in total. The maximum absolute atomic E-state index is 10.7. The van der Waals surface area contributed by atoms with Crippen molar-refractivity contribution in [2.24, 2.45) is 5.73 Å². The summed E-state index contributed by atoms with van der Waals surface area (Å²) >= 11 is 3.84. The number of rotatable bonds is 1. The Hall–Kier alpha value is -0.220. The normalized spacial score (nSPS) is 19.6. The van der Waals surface area contributed by atoms with Crippen LogP contribution in [0.25, 0.3) is 0 Å². The molecule has 1 amide bonds. The number of carbonyl (C=O) groups excluding carboxylic acids is 1. The molecule has 0 aromatic heterocycles. The summed E-state index contributed by atoms with van der Waals surface area (Å²) in [4.78, 5) is 12.4. The van der Waals surface area contributed by atoms with Crippen molar-refractivity contribution in [3.63, 3.8) is 0 Å². The van der Waals surface area contributed by atoms with E-state index in [0.29, 0.717) is 18.8 Å². The molecule has 0 aromatic rings. The number of nitrogens with zero attached hydrogens (tertiary/aromatic N) is 1. The lowest BCUT2D eigenvalue weighted by Crippen LogP contribution is -2.58. The van der Waals surface area contributed by atoms with E-state index in [1.165, 1.54) is 0 Å². The quantitative estimate of drug-likeness (QED) is 0.470. The van der Waals surface area contributed by atoms with Gasteiger partial charge in [-0.2, -0.15) is 12.6 Å². The summed E-state index contributed by atoms with van der Waals surface area (Å²) in [5, 5.41) is 0. The lowest BCUT2D eigenvalue weighted by atomic mass is 10.1. The summed E-state index contributed by atoms with van der Waals surface area (Å²) in [5.74, 6) is 0.382. The van der Waals surface area contributed by atoms with Crippen molar-refractivity contribution < 1.29 is 4.79 Å². The number of hydrogen-bond acceptors (Lipinski definition) is 3. The molecule has 0 saturated carbocycles. The topological polar surface area (TPSA) is 46.3 Å². The fraction of sp³-hybridized carbons (Fsp3) is 0.800. The van der Waals surface area contributed by atoms with E-state index in [1.807, 2.05) is 0 Å². The smallest absolute Gasteiger partial charge is 0.232 e. The van der Waals surface area contributed by atoms with Gasteiger partial charge in [-0.3, -0.25) is 4.79 Å². The van der Waals surface area contributed by atoms with E-state index < -0.39 is 0 Å². The summed E-state index contributed by atoms with van der Waals surface area (Å²) in [6.45, 7) is 1.42. The molecule has 9 heavy (non-hydrogen) atoms. The maximum atomic E-state index is 10.7. The van der Waals surface area contributed by atoms with Gasteiger partial charge < -0.3 is 10.6 Å². The summed E-state index contributed by atoms with van der Waals surface area (Å²) < 4.78 is 0. The predicted molar refractivity (Wildman–Crippen MR) is 38.4 cm³/mol. The summed E-state index contributed by atoms with van der Waals surface area (Å²) in [6.07, 6.45) is 0. The third-order valence-corrected chi connectivity index (χ3v) is 1.67. The number of likely N-dealkylation sites (tertiary alicyclic amines) is 1. The highest BCUT2D eigenvalue weighted by Crippen LogP contribution is 2.05. The van der Waals surface area contributed by atoms with Gasteiger partial charge in [-0.05, 0) is 0 Å². The SMILES string of the molecule is NC1CN(C(=O)CS)C1. The molecule has 1 saturated heterocycles. The van der Waals surface area contributed by atoms with Crippen molar-refractivity contribution in [1.29, 1.82) is 0 Å². The molecule has 1 fully saturated rings. The molecule has 2 N–H and O–H groups in total. The summed E-state index contributed by atoms with van der Waals surface area (Å²) in [7, 11) is 0. The third kappa shape index (κ3) is 1.37. The Bertz CT molecular complexity index is 122. The van der Waals surface area contributed by atoms with Gasteiger partial charge in [-0.25, -0.2) is 0 Å². The molecule has 0 spiro atoms. The number of nitrogens with two attached hydrogens (primary N) is 1. The van der Waals surface area contributed by atoms with Crippen molar-refractivity contribution in [3.8, 4) is 0 Å². The second-order valence-electron chi connectivity index (χ2n) is 2.22. The van der Waals surface area contributed by atoms with Crippen LogP contribution in [-0.2, 0) is 4.79 Å². The van der Waals surface area contributed by atoms with Gasteiger partial charge in [0.15, 0.2) is 0 Å². The van der Waals surface area contributed by atoms with E-state index in [1.54, 1.807) is 4.90 Å². The Balaban J connectivity index is 2.23. The first-order chi connectivity index (χ1) is 4.24. The average molecular weight is 146 g/mol. The van der Waals surface area contributed by atoms with Crippen LogP contribution >= 0.6 is 12.6 Å². The van der Waals surface area contributed by atoms with Crippen LogP contribution in [0.5, 0.6) is 0 Å². The van der Waals surface area contributed by atoms with Crippen LogP contribution in [-0.4, -0.2) is 35.7 Å². The molecular weight excluding hydrogens is 136 g/mol. The van der Waals surface area contributed by atoms with Crippen molar-refractivity contribution in [3.05, 3.63) is 0 Å². The van der Waals surface area contributed by atoms with Crippen molar-refractivity contribution in [2.75, 3.05) is 18.8 Å². The molecule has 1 rings (SSSR count). The molecule has 0 atom stereocenters. The number of thiol groups is 1. The van der Waals surface area contributed by atoms with Crippen LogP contribution in [0.15, 0.2) is 0 Å². The number of hydrogen-bond donors (Lipinski definition) is 2. The van der Waals surface area contributed by atoms with E-state index in [2.05, 4.69) is 12.6 Å². The highest BCUT2D eigenvalue weighted by molar-refractivity contribution is 7.81. The van der Waals surface area contributed by atoms with Crippen molar-refractivity contribution >= 4 is 18.5 Å². The Labute approximate surface area is 59.6 Å². The zero-order valence-corrected chi connectivity index (χ0v) is 5.97. The first-order valence-electron chi connectivity index (χ1n) is 2.88. The fourth-order valence-electron chi connectivity index (χ4n) is 0.816. The average Bonchev–Trinajstić information content (AvgIpc) is 1.79. The molecule has 0 radical (unpaired) electrons. The Morgan fingerprint density at radius 1 is 1.78 bits per heavy atom. The third-order valence-electron chi connectivity index (χ3n) is 1.40. The van der Waals surface area contributed by atoms with E-state index in [9.17, 15) is 4.79 Å². The zero-order chi connectivity index (χ0) is 6.85. The number of amides is 1. The Kier molecular flexibility index (Phi) is 1.97. The Morgan fingerprint density at radius 3 is 2.67 bits per heavy atom. The van der Waals surface area contributed by atoms with Gasteiger partial charge in [0.2, 0.25) is 5.91 Å². The molecule has 0 bridgehead atoms. The van der Waals surface area contributed by atoms with Gasteiger partial charge in [-0.1, -0.05) is 0 Å². The van der Waals surface area contributed by atoms with Crippen LogP contribution in [0.2, 0.25) is 0 Å². The van der Waals surface area contributed by atoms with Gasteiger partial charge in [-0.15, -0.1) is 0 Å². The van der Waals surface area contributed by atoms with Crippen LogP contribution in [0.4, 0.5) is 0 Å². The minimum atomic E-state index is 0.0834. The standard InChI is InChI=1S/C5H10N2OS/c6-4-1-7(2-4)5(8)3-9/h4,9H,1-3,6H2. The second-order valence-corrected chi connectivity index (χ2v) is 2.53. The minimum Gasteiger partial charge on any atom is -0.339 e. The van der Waals surface area contributed by atoms with Gasteiger partial charge >= 0.3 is 0 Å². The van der Waals surface area contributed by atoms with Gasteiger partial charge in [0, 0.05) is 19.1 Å². The molecule has 0 unspecified atom stereocenters. The first kappa shape index (κ1) is 6.89. The van der Waals surface area contributed by atoms with Crippen LogP contribution in [0, 0.1) is 0 Å². The molecule has 1 heterocycles. The van der Waals surface area contributed by atoms with Crippen molar-refractivity contribution in [1.82, 2.24) is 4.90 Å². The lowest BCUT2D eigenvalue weighted by Gasteiger charge is -2.36. The van der Waals surface area contributed by atoms with E-state index in [-0.39, 0.29) is 11.9 Å². The largest absolute Gasteiger partial charge is 0.339 e. The zero-order valence-electron chi connectivity index (χ0n) is 5.08. The summed E-state index contributed by atoms with van der Waals surface area (Å²) in [6, 6.07) is 0.203. The molecule has 1 aliphatic heterocycles. The summed E-state index contributed by atoms with van der Waals surface area (Å²) in [5.41, 5.74) is 5.44. The van der Waals surface area contributed by atoms with Gasteiger partial charge in [0.05, 0.1) is 5.75 Å². The van der Waals surface area contributed by atoms with E-state index in [4.69, 9.17) is 5.73 Å². The van der Waals surface area contributed by atoms with Crippen LogP contribution in [0.3, 0.4) is 0 Å². The van der Waals surface area contributed by atoms with Gasteiger partial charge in [0.25, 0.3) is 0 Å². The lowest BCUT2D eigenvalue weighted by molar-refractivity contribution is -0.132. The molecular formula is C5H10N2OS. The molecule has 0 aliphatic carbocycles. The highest BCUT2D eigenvalue weighted by atomic mass is 32.1. The van der Waals surface area contributed by atoms with E-state index in [0.717, 1.165) is 0 Å².